The van der Waals surface area contributed by atoms with Crippen LogP contribution in [0, 0.1) is 11.6 Å². The van der Waals surface area contributed by atoms with Gasteiger partial charge in [0.2, 0.25) is 5.91 Å². The number of hydrogen-bond acceptors (Lipinski definition) is 3. The molecular weight excluding hydrogens is 338 g/mol. The van der Waals surface area contributed by atoms with E-state index in [1.54, 1.807) is 19.2 Å². The van der Waals surface area contributed by atoms with Crippen molar-refractivity contribution in [3.8, 4) is 0 Å². The molecule has 0 fully saturated rings. The predicted octanol–water partition coefficient (Wildman–Crippen LogP) is 2.91. The minimum Gasteiger partial charge on any atom is -0.389 e. The zero-order valence-electron chi connectivity index (χ0n) is 15.0. The zero-order chi connectivity index (χ0) is 19.1. The highest BCUT2D eigenvalue weighted by Crippen LogP contribution is 2.46. The molecular formula is C20H22F2N2O2. The minimum absolute atomic E-state index is 0.162. The number of aliphatic hydroxyl groups excluding tert-OH is 1. The molecule has 1 heterocycles. The maximum Gasteiger partial charge on any atom is 0.237 e. The molecule has 0 unspecified atom stereocenters. The van der Waals surface area contributed by atoms with Crippen LogP contribution in [-0.2, 0) is 10.2 Å². The number of aliphatic hydroxyl groups is 1. The molecule has 0 spiro atoms. The molecule has 1 aliphatic heterocycles. The van der Waals surface area contributed by atoms with Gasteiger partial charge in [-0.1, -0.05) is 18.2 Å². The van der Waals surface area contributed by atoms with E-state index in [-0.39, 0.29) is 18.0 Å². The van der Waals surface area contributed by atoms with Crippen molar-refractivity contribution in [2.24, 2.45) is 0 Å². The zero-order valence-corrected chi connectivity index (χ0v) is 15.0. The van der Waals surface area contributed by atoms with Gasteiger partial charge in [0.15, 0.2) is 0 Å². The van der Waals surface area contributed by atoms with E-state index in [0.29, 0.717) is 5.69 Å². The summed E-state index contributed by atoms with van der Waals surface area (Å²) in [4.78, 5) is 14.6. The van der Waals surface area contributed by atoms with E-state index in [1.165, 1.54) is 4.90 Å². The molecule has 2 aromatic rings. The largest absolute Gasteiger partial charge is 0.389 e. The van der Waals surface area contributed by atoms with Gasteiger partial charge in [0.05, 0.1) is 17.6 Å². The summed E-state index contributed by atoms with van der Waals surface area (Å²) in [5.74, 6) is -1.72. The molecule has 138 valence electrons. The van der Waals surface area contributed by atoms with Crippen molar-refractivity contribution >= 4 is 11.6 Å². The van der Waals surface area contributed by atoms with Gasteiger partial charge >= 0.3 is 0 Å². The number of carbonyl (C=O) groups excluding carboxylic acids is 1. The van der Waals surface area contributed by atoms with E-state index < -0.39 is 29.2 Å². The lowest BCUT2D eigenvalue weighted by atomic mass is 9.86. The van der Waals surface area contributed by atoms with Crippen molar-refractivity contribution in [1.29, 1.82) is 0 Å². The monoisotopic (exact) mass is 360 g/mol. The van der Waals surface area contributed by atoms with Crippen LogP contribution in [0.15, 0.2) is 42.5 Å². The van der Waals surface area contributed by atoms with Crippen molar-refractivity contribution in [2.45, 2.75) is 31.4 Å². The van der Waals surface area contributed by atoms with Gasteiger partial charge in [-0.05, 0) is 50.2 Å². The number of para-hydroxylation sites is 1. The number of rotatable bonds is 5. The Morgan fingerprint density at radius 2 is 1.77 bits per heavy atom. The van der Waals surface area contributed by atoms with Crippen LogP contribution in [0.25, 0.3) is 0 Å². The molecule has 26 heavy (non-hydrogen) atoms. The van der Waals surface area contributed by atoms with Crippen LogP contribution in [-0.4, -0.2) is 30.7 Å². The third-order valence-electron chi connectivity index (χ3n) is 4.87. The summed E-state index contributed by atoms with van der Waals surface area (Å²) in [6, 6.07) is 9.48. The lowest BCUT2D eigenvalue weighted by Crippen LogP contribution is -2.45. The Labute approximate surface area is 151 Å². The maximum atomic E-state index is 13.8. The molecule has 2 N–H and O–H groups in total. The normalized spacial score (nSPS) is 17.9. The van der Waals surface area contributed by atoms with Gasteiger partial charge in [0, 0.05) is 18.3 Å². The molecule has 3 rings (SSSR count). The number of fused-ring (bicyclic) bond motifs is 1. The number of anilines is 1. The van der Waals surface area contributed by atoms with Gasteiger partial charge in [0.25, 0.3) is 0 Å². The summed E-state index contributed by atoms with van der Waals surface area (Å²) in [6.45, 7) is 3.78. The molecule has 0 saturated heterocycles. The fraction of sp³-hybridized carbons (Fsp3) is 0.350. The first-order valence-electron chi connectivity index (χ1n) is 8.49. The van der Waals surface area contributed by atoms with Crippen LogP contribution in [0.3, 0.4) is 0 Å². The minimum atomic E-state index is -1.05. The first kappa shape index (κ1) is 18.5. The van der Waals surface area contributed by atoms with Gasteiger partial charge in [-0.2, -0.15) is 0 Å². The molecule has 0 bridgehead atoms. The number of amides is 1. The Balaban J connectivity index is 2.18. The summed E-state index contributed by atoms with van der Waals surface area (Å²) in [5, 5.41) is 13.6. The number of nitrogens with one attached hydrogen (secondary N) is 1. The van der Waals surface area contributed by atoms with Crippen LogP contribution >= 0.6 is 0 Å². The van der Waals surface area contributed by atoms with Gasteiger partial charge in [-0.3, -0.25) is 4.79 Å². The van der Waals surface area contributed by atoms with E-state index in [0.717, 1.165) is 23.8 Å². The molecule has 1 aliphatic rings. The number of benzene rings is 2. The molecule has 0 aromatic heterocycles. The smallest absolute Gasteiger partial charge is 0.237 e. The first-order valence-corrected chi connectivity index (χ1v) is 8.49. The first-order chi connectivity index (χ1) is 12.3. The van der Waals surface area contributed by atoms with Gasteiger partial charge in [-0.15, -0.1) is 0 Å². The maximum absolute atomic E-state index is 13.8. The Bertz CT molecular complexity index is 818. The van der Waals surface area contributed by atoms with Crippen molar-refractivity contribution in [3.63, 3.8) is 0 Å². The van der Waals surface area contributed by atoms with E-state index in [4.69, 9.17) is 0 Å². The summed E-state index contributed by atoms with van der Waals surface area (Å²) in [7, 11) is 1.66. The van der Waals surface area contributed by atoms with Gasteiger partial charge in [0.1, 0.15) is 11.6 Å². The lowest BCUT2D eigenvalue weighted by molar-refractivity contribution is -0.123. The quantitative estimate of drug-likeness (QED) is 0.862. The molecule has 4 nitrogen and oxygen atoms in total. The predicted molar refractivity (Wildman–Crippen MR) is 96.0 cm³/mol. The summed E-state index contributed by atoms with van der Waals surface area (Å²) in [5.41, 5.74) is 0.891. The van der Waals surface area contributed by atoms with Crippen LogP contribution in [0.2, 0.25) is 0 Å². The van der Waals surface area contributed by atoms with Crippen molar-refractivity contribution in [3.05, 3.63) is 65.2 Å². The van der Waals surface area contributed by atoms with Crippen molar-refractivity contribution in [1.82, 2.24) is 5.32 Å². The fourth-order valence-electron chi connectivity index (χ4n) is 3.62. The Morgan fingerprint density at radius 1 is 1.15 bits per heavy atom. The molecule has 2 atom stereocenters. The number of halogens is 2. The molecule has 0 aliphatic carbocycles. The number of nitrogens with zero attached hydrogens (tertiary/aromatic N) is 1. The van der Waals surface area contributed by atoms with E-state index in [2.05, 4.69) is 5.32 Å². The summed E-state index contributed by atoms with van der Waals surface area (Å²) >= 11 is 0. The summed E-state index contributed by atoms with van der Waals surface area (Å²) < 4.78 is 27.7. The molecule has 6 heteroatoms. The molecule has 2 aromatic carbocycles. The van der Waals surface area contributed by atoms with Crippen molar-refractivity contribution < 1.29 is 18.7 Å². The van der Waals surface area contributed by atoms with Crippen LogP contribution in [0.5, 0.6) is 0 Å². The molecule has 1 amide bonds. The number of hydrogen-bond donors (Lipinski definition) is 2. The standard InChI is InChI=1S/C20H22F2N2O2/c1-20(2)15-6-4-5-7-16(15)24(19(20)26)18(17(25)11-23-3)12-8-13(21)10-14(22)9-12/h4-10,17-18,23,25H,11H2,1-3H3/t17-,18-/m0/s1. The van der Waals surface area contributed by atoms with Crippen LogP contribution in [0.1, 0.15) is 31.0 Å². The molecule has 0 saturated carbocycles. The number of likely N-dealkylation sites (N-methyl/N-ethyl adjacent to an activating group) is 1. The Hall–Kier alpha value is -2.31. The van der Waals surface area contributed by atoms with Crippen molar-refractivity contribution in [2.75, 3.05) is 18.5 Å². The van der Waals surface area contributed by atoms with Gasteiger partial charge in [-0.25, -0.2) is 8.78 Å². The third kappa shape index (κ3) is 2.99. The average molecular weight is 360 g/mol. The number of carbonyl (C=O) groups is 1. The molecule has 0 radical (unpaired) electrons. The Kier molecular flexibility index (Phi) is 4.82. The second-order valence-electron chi connectivity index (χ2n) is 7.09. The van der Waals surface area contributed by atoms with E-state index >= 15 is 0 Å². The van der Waals surface area contributed by atoms with E-state index in [9.17, 15) is 18.7 Å². The average Bonchev–Trinajstić information content (AvgIpc) is 2.76. The van der Waals surface area contributed by atoms with Crippen LogP contribution < -0.4 is 10.2 Å². The second-order valence-corrected chi connectivity index (χ2v) is 7.09. The highest BCUT2D eigenvalue weighted by molar-refractivity contribution is 6.08. The Morgan fingerprint density at radius 3 is 2.38 bits per heavy atom. The highest BCUT2D eigenvalue weighted by atomic mass is 19.1. The highest BCUT2D eigenvalue weighted by Gasteiger charge is 2.48. The second kappa shape index (κ2) is 6.78. The van der Waals surface area contributed by atoms with E-state index in [1.807, 2.05) is 26.0 Å². The fourth-order valence-corrected chi connectivity index (χ4v) is 3.62. The van der Waals surface area contributed by atoms with Crippen LogP contribution in [0.4, 0.5) is 14.5 Å². The third-order valence-corrected chi connectivity index (χ3v) is 4.87. The topological polar surface area (TPSA) is 52.6 Å². The van der Waals surface area contributed by atoms with Gasteiger partial charge < -0.3 is 15.3 Å². The lowest BCUT2D eigenvalue weighted by Gasteiger charge is -2.34. The summed E-state index contributed by atoms with van der Waals surface area (Å²) in [6.07, 6.45) is -1.05. The SMILES string of the molecule is CNC[C@H](O)[C@H](c1cc(F)cc(F)c1)N1C(=O)C(C)(C)c2ccccc21.